The second kappa shape index (κ2) is 14.9. The first-order chi connectivity index (χ1) is 24.7. The molecule has 0 radical (unpaired) electrons. The number of benzene rings is 2. The van der Waals surface area contributed by atoms with Crippen LogP contribution in [0.1, 0.15) is 125 Å². The fourth-order valence-electron chi connectivity index (χ4n) is 4.06. The Morgan fingerprint density at radius 3 is 2.36 bits per heavy atom. The van der Waals surface area contributed by atoms with E-state index in [9.17, 15) is 14.0 Å². The van der Waals surface area contributed by atoms with Gasteiger partial charge in [0.2, 0.25) is 0 Å². The van der Waals surface area contributed by atoms with Gasteiger partial charge in [-0.1, -0.05) is 87.6 Å². The molecule has 2 aromatic carbocycles. The van der Waals surface area contributed by atoms with Crippen molar-refractivity contribution in [3.63, 3.8) is 0 Å². The van der Waals surface area contributed by atoms with Gasteiger partial charge in [0.15, 0.2) is 5.78 Å². The smallest absolute Gasteiger partial charge is 0.306 e. The summed E-state index contributed by atoms with van der Waals surface area (Å²) in [6, 6.07) is 13.4. The molecule has 0 spiro atoms. The van der Waals surface area contributed by atoms with E-state index < -0.39 is 81.0 Å². The third kappa shape index (κ3) is 8.55. The van der Waals surface area contributed by atoms with Crippen LogP contribution >= 0.6 is 0 Å². The number of nitrogens with zero attached hydrogens (tertiary/aromatic N) is 1. The van der Waals surface area contributed by atoms with Crippen LogP contribution in [0.3, 0.4) is 0 Å². The summed E-state index contributed by atoms with van der Waals surface area (Å²) in [4.78, 5) is 28.1. The third-order valence-corrected chi connectivity index (χ3v) is 5.84. The van der Waals surface area contributed by atoms with Crippen molar-refractivity contribution in [1.29, 1.82) is 0 Å². The number of Topliss-reactive ketones (excluding diaryl/α,β-unsaturated/α-hetero) is 1. The van der Waals surface area contributed by atoms with Crippen molar-refractivity contribution < 1.29 is 44.8 Å². The van der Waals surface area contributed by atoms with Crippen LogP contribution in [0.5, 0.6) is 0 Å². The first-order valence-electron chi connectivity index (χ1n) is 21.0. The number of carbonyl (C=O) groups excluding carboxylic acids is 2. The molecule has 0 bridgehead atoms. The summed E-state index contributed by atoms with van der Waals surface area (Å²) in [5, 5.41) is 0. The van der Waals surface area contributed by atoms with Crippen LogP contribution in [-0.4, -0.2) is 36.3 Å². The summed E-state index contributed by atoms with van der Waals surface area (Å²) in [6.45, 7) is -3.21. The fraction of sp³-hybridized carbons (Fsp3) is 0.548. The molecule has 1 heterocycles. The molecule has 0 aromatic heterocycles. The van der Waals surface area contributed by atoms with E-state index in [1.807, 2.05) is 4.90 Å². The summed E-state index contributed by atoms with van der Waals surface area (Å²) >= 11 is 0. The maximum absolute atomic E-state index is 14.0. The molecule has 36 heavy (non-hydrogen) atoms. The number of ketones is 1. The molecular weight excluding hydrogens is 453 g/mol. The molecule has 1 saturated heterocycles. The lowest BCUT2D eigenvalue weighted by Crippen LogP contribution is -2.45. The van der Waals surface area contributed by atoms with Crippen LogP contribution in [0.2, 0.25) is 0 Å². The molecule has 0 saturated carbocycles. The van der Waals surface area contributed by atoms with Gasteiger partial charge in [-0.25, -0.2) is 4.39 Å². The Labute approximate surface area is 242 Å². The molecule has 0 N–H and O–H groups in total. The van der Waals surface area contributed by atoms with Crippen molar-refractivity contribution >= 4 is 11.8 Å². The Kier molecular flexibility index (Phi) is 4.92. The van der Waals surface area contributed by atoms with Gasteiger partial charge in [-0.15, -0.1) is 0 Å². The van der Waals surface area contributed by atoms with Gasteiger partial charge in [0.05, 0.1) is 5.56 Å². The van der Waals surface area contributed by atoms with Crippen molar-refractivity contribution in [2.24, 2.45) is 0 Å². The zero-order chi connectivity index (χ0) is 42.5. The van der Waals surface area contributed by atoms with E-state index in [4.69, 9.17) is 30.8 Å². The van der Waals surface area contributed by atoms with E-state index in [1.54, 1.807) is 30.3 Å². The van der Waals surface area contributed by atoms with Gasteiger partial charge in [-0.3, -0.25) is 9.59 Å². The van der Waals surface area contributed by atoms with Crippen molar-refractivity contribution in [2.75, 3.05) is 19.6 Å². The van der Waals surface area contributed by atoms with Crippen LogP contribution in [0.25, 0.3) is 0 Å². The van der Waals surface area contributed by atoms with Crippen LogP contribution in [0.15, 0.2) is 54.6 Å². The monoisotopic (exact) mass is 514 g/mol. The van der Waals surface area contributed by atoms with Crippen molar-refractivity contribution in [3.05, 3.63) is 71.5 Å². The number of carbonyl (C=O) groups is 2. The minimum atomic E-state index is -4.64. The number of halogens is 1. The lowest BCUT2D eigenvalue weighted by atomic mass is 9.84. The highest BCUT2D eigenvalue weighted by Crippen LogP contribution is 2.37. The summed E-state index contributed by atoms with van der Waals surface area (Å²) in [7, 11) is 0. The number of esters is 1. The molecule has 5 heteroatoms. The Balaban J connectivity index is 1.90. The van der Waals surface area contributed by atoms with E-state index in [0.717, 1.165) is 0 Å². The zero-order valence-corrected chi connectivity index (χ0v) is 19.7. The first-order valence-corrected chi connectivity index (χ1v) is 11.5. The number of rotatable bonds is 15. The minimum Gasteiger partial charge on any atom is -0.454 e. The quantitative estimate of drug-likeness (QED) is 0.183. The summed E-state index contributed by atoms with van der Waals surface area (Å²) in [5.74, 6) is -3.09. The maximum atomic E-state index is 14.0. The predicted octanol–water partition coefficient (Wildman–Crippen LogP) is 7.46. The second-order valence-corrected chi connectivity index (χ2v) is 8.10. The molecule has 3 rings (SSSR count). The average Bonchev–Trinajstić information content (AvgIpc) is 3.08. The van der Waals surface area contributed by atoms with Gasteiger partial charge in [0.1, 0.15) is 11.4 Å². The van der Waals surface area contributed by atoms with Crippen molar-refractivity contribution in [3.8, 4) is 0 Å². The molecule has 1 aliphatic heterocycles. The highest BCUT2D eigenvalue weighted by atomic mass is 19.1. The SMILES string of the molecule is [2H]C([2H])([2H])C([2H])([2H])C([2H])([2H])C([2H])([2H])C([2H])([2H])C([2H])([2H])C([2H])([2H])C([2H])([2H])C([2H])([2H])C(=O)OC1(c2ccccc2)CCN(CCCC(=O)c2ccccc2F)CC1. The molecule has 0 unspecified atom stereocenters. The van der Waals surface area contributed by atoms with Gasteiger partial charge in [0.25, 0.3) is 0 Å². The Morgan fingerprint density at radius 2 is 1.64 bits per heavy atom. The Hall–Kier alpha value is -2.53. The average molecular weight is 515 g/mol. The topological polar surface area (TPSA) is 46.6 Å². The molecule has 0 amide bonds. The zero-order valence-electron chi connectivity index (χ0n) is 38.7. The maximum Gasteiger partial charge on any atom is 0.306 e. The Morgan fingerprint density at radius 1 is 0.972 bits per heavy atom. The van der Waals surface area contributed by atoms with Crippen molar-refractivity contribution in [2.45, 2.75) is 89.1 Å². The lowest BCUT2D eigenvalue weighted by Gasteiger charge is -2.41. The van der Waals surface area contributed by atoms with Crippen molar-refractivity contribution in [1.82, 2.24) is 4.90 Å². The molecule has 4 nitrogen and oxygen atoms in total. The predicted molar refractivity (Wildman–Crippen MR) is 142 cm³/mol. The molecule has 1 fully saturated rings. The summed E-state index contributed by atoms with van der Waals surface area (Å²) < 4.78 is 173. The van der Waals surface area contributed by atoms with Crippen LogP contribution < -0.4 is 0 Å². The van der Waals surface area contributed by atoms with Crippen LogP contribution in [-0.2, 0) is 15.1 Å². The van der Waals surface area contributed by atoms with Gasteiger partial charge in [-0.05, 0) is 37.0 Å². The number of piperidine rings is 1. The van der Waals surface area contributed by atoms with Gasteiger partial charge >= 0.3 is 5.97 Å². The number of ether oxygens (including phenoxy) is 1. The largest absolute Gasteiger partial charge is 0.454 e. The highest BCUT2D eigenvalue weighted by Gasteiger charge is 2.39. The van der Waals surface area contributed by atoms with E-state index in [1.165, 1.54) is 24.3 Å². The van der Waals surface area contributed by atoms with Gasteiger partial charge < -0.3 is 9.64 Å². The van der Waals surface area contributed by atoms with Crippen LogP contribution in [0.4, 0.5) is 4.39 Å². The molecule has 196 valence electrons. The van der Waals surface area contributed by atoms with Gasteiger partial charge in [0, 0.05) is 64.8 Å². The number of hydrogen-bond acceptors (Lipinski definition) is 4. The first kappa shape index (κ1) is 11.9. The highest BCUT2D eigenvalue weighted by molar-refractivity contribution is 5.96. The number of hydrogen-bond donors (Lipinski definition) is 0. The minimum absolute atomic E-state index is 0.0254. The standard InChI is InChI=1S/C31H42FNO3/c1-2-3-4-5-6-7-11-20-30(35)36-31(26-15-9-8-10-16-26)21-24-33(25-22-31)23-14-19-29(34)27-17-12-13-18-28(27)32/h8-10,12-13,15-18H,2-7,11,14,19-25H2,1H3/i1D3,2D2,3D2,4D2,5D2,6D2,7D2,11D2,20D2. The second-order valence-electron chi connectivity index (χ2n) is 8.10. The molecule has 0 aliphatic carbocycles. The fourth-order valence-corrected chi connectivity index (χ4v) is 4.06. The van der Waals surface area contributed by atoms with E-state index in [-0.39, 0.29) is 37.9 Å². The number of likely N-dealkylation sites (tertiary alicyclic amines) is 1. The summed E-state index contributed by atoms with van der Waals surface area (Å²) in [5.41, 5.74) is -1.37. The van der Waals surface area contributed by atoms with E-state index in [2.05, 4.69) is 0 Å². The molecule has 2 aromatic rings. The van der Waals surface area contributed by atoms with E-state index in [0.29, 0.717) is 18.5 Å². The van der Waals surface area contributed by atoms with E-state index >= 15 is 0 Å². The summed E-state index contributed by atoms with van der Waals surface area (Å²) in [6.07, 6.45) is -35.4. The Bertz CT molecular complexity index is 1690. The molecule has 0 atom stereocenters. The normalized spacial score (nSPS) is 26.9. The molecule has 1 aliphatic rings. The molecular formula is C31H42FNO3. The lowest BCUT2D eigenvalue weighted by molar-refractivity contribution is -0.167. The van der Waals surface area contributed by atoms with Gasteiger partial charge in [-0.2, -0.15) is 0 Å². The third-order valence-electron chi connectivity index (χ3n) is 5.84. The van der Waals surface area contributed by atoms with Crippen LogP contribution in [0, 0.1) is 5.82 Å².